The Labute approximate surface area is 95.6 Å². The van der Waals surface area contributed by atoms with E-state index in [1.54, 1.807) is 0 Å². The Morgan fingerprint density at radius 1 is 1.06 bits per heavy atom. The summed E-state index contributed by atoms with van der Waals surface area (Å²) in [5.41, 5.74) is 9.59. The zero-order valence-electron chi connectivity index (χ0n) is 9.35. The molecule has 0 aromatic heterocycles. The lowest BCUT2D eigenvalue weighted by Crippen LogP contribution is -2.46. The molecule has 0 saturated carbocycles. The maximum absolute atomic E-state index is 5.99. The first kappa shape index (κ1) is 10.1. The summed E-state index contributed by atoms with van der Waals surface area (Å²) < 4.78 is 5.37. The van der Waals surface area contributed by atoms with Gasteiger partial charge < -0.3 is 10.5 Å². The van der Waals surface area contributed by atoms with E-state index in [0.29, 0.717) is 0 Å². The summed E-state index contributed by atoms with van der Waals surface area (Å²) in [5.74, 6) is 0. The van der Waals surface area contributed by atoms with Gasteiger partial charge in [-0.25, -0.2) is 10.0 Å². The fourth-order valence-electron chi connectivity index (χ4n) is 2.47. The van der Waals surface area contributed by atoms with Crippen LogP contribution in [0.15, 0.2) is 18.2 Å². The van der Waals surface area contributed by atoms with E-state index >= 15 is 0 Å². The van der Waals surface area contributed by atoms with Gasteiger partial charge in [0.1, 0.15) is 0 Å². The van der Waals surface area contributed by atoms with Gasteiger partial charge in [-0.1, -0.05) is 12.1 Å². The molecule has 3 rings (SSSR count). The van der Waals surface area contributed by atoms with E-state index < -0.39 is 0 Å². The molecular formula is C12H17N3O. The Bertz CT molecular complexity index is 388. The minimum Gasteiger partial charge on any atom is -0.398 e. The molecule has 0 amide bonds. The maximum Gasteiger partial charge on any atom is 0.0608 e. The summed E-state index contributed by atoms with van der Waals surface area (Å²) in [7, 11) is 0. The van der Waals surface area contributed by atoms with Crippen molar-refractivity contribution in [3.8, 4) is 0 Å². The second-order valence-corrected chi connectivity index (χ2v) is 4.37. The lowest BCUT2D eigenvalue weighted by molar-refractivity contribution is -0.0939. The lowest BCUT2D eigenvalue weighted by Gasteiger charge is -2.34. The zero-order valence-corrected chi connectivity index (χ0v) is 9.35. The molecule has 1 fully saturated rings. The van der Waals surface area contributed by atoms with E-state index in [1.807, 2.05) is 12.1 Å². The predicted molar refractivity (Wildman–Crippen MR) is 62.5 cm³/mol. The average Bonchev–Trinajstić information content (AvgIpc) is 2.76. The minimum atomic E-state index is 0.836. The number of rotatable bonds is 1. The van der Waals surface area contributed by atoms with Crippen LogP contribution in [-0.4, -0.2) is 36.3 Å². The Balaban J connectivity index is 1.77. The van der Waals surface area contributed by atoms with Crippen LogP contribution in [0.2, 0.25) is 0 Å². The van der Waals surface area contributed by atoms with E-state index in [1.165, 1.54) is 11.1 Å². The van der Waals surface area contributed by atoms with Gasteiger partial charge in [-0.3, -0.25) is 0 Å². The van der Waals surface area contributed by atoms with Gasteiger partial charge in [0.05, 0.1) is 13.2 Å². The molecule has 16 heavy (non-hydrogen) atoms. The van der Waals surface area contributed by atoms with Crippen LogP contribution < -0.4 is 5.73 Å². The van der Waals surface area contributed by atoms with Gasteiger partial charge in [0.2, 0.25) is 0 Å². The third kappa shape index (κ3) is 1.69. The highest BCUT2D eigenvalue weighted by Gasteiger charge is 2.26. The van der Waals surface area contributed by atoms with Crippen LogP contribution in [-0.2, 0) is 17.8 Å². The largest absolute Gasteiger partial charge is 0.398 e. The molecule has 2 heterocycles. The summed E-state index contributed by atoms with van der Waals surface area (Å²) in [4.78, 5) is 0. The molecule has 0 bridgehead atoms. The molecule has 1 aromatic carbocycles. The first-order valence-electron chi connectivity index (χ1n) is 5.78. The van der Waals surface area contributed by atoms with Crippen molar-refractivity contribution in [2.45, 2.75) is 13.1 Å². The predicted octanol–water partition coefficient (Wildman–Crippen LogP) is 0.832. The van der Waals surface area contributed by atoms with Crippen molar-refractivity contribution in [2.75, 3.05) is 32.0 Å². The Kier molecular flexibility index (Phi) is 2.55. The molecule has 2 aliphatic heterocycles. The second kappa shape index (κ2) is 4.05. The van der Waals surface area contributed by atoms with Crippen molar-refractivity contribution in [2.24, 2.45) is 0 Å². The summed E-state index contributed by atoms with van der Waals surface area (Å²) in [6.45, 7) is 5.59. The summed E-state index contributed by atoms with van der Waals surface area (Å²) in [5, 5.41) is 4.76. The number of morpholine rings is 1. The van der Waals surface area contributed by atoms with Gasteiger partial charge in [0.25, 0.3) is 0 Å². The van der Waals surface area contributed by atoms with Gasteiger partial charge >= 0.3 is 0 Å². The number of ether oxygens (including phenoxy) is 1. The normalized spacial score (nSPS) is 22.2. The van der Waals surface area contributed by atoms with Crippen molar-refractivity contribution in [3.05, 3.63) is 29.3 Å². The lowest BCUT2D eigenvalue weighted by atomic mass is 10.1. The number of nitrogen functional groups attached to an aromatic ring is 1. The van der Waals surface area contributed by atoms with E-state index in [-0.39, 0.29) is 0 Å². The molecular weight excluding hydrogens is 202 g/mol. The van der Waals surface area contributed by atoms with E-state index in [4.69, 9.17) is 10.5 Å². The SMILES string of the molecule is Nc1cccc2c1CN(N1CCOCC1)C2. The van der Waals surface area contributed by atoms with Crippen LogP contribution in [0.4, 0.5) is 5.69 Å². The Hall–Kier alpha value is -1.10. The van der Waals surface area contributed by atoms with E-state index in [0.717, 1.165) is 45.1 Å². The van der Waals surface area contributed by atoms with Crippen LogP contribution >= 0.6 is 0 Å². The zero-order chi connectivity index (χ0) is 11.0. The fraction of sp³-hybridized carbons (Fsp3) is 0.500. The number of anilines is 1. The number of hydrogen-bond donors (Lipinski definition) is 1. The Morgan fingerprint density at radius 3 is 2.62 bits per heavy atom. The maximum atomic E-state index is 5.99. The van der Waals surface area contributed by atoms with E-state index in [2.05, 4.69) is 16.1 Å². The molecule has 2 N–H and O–H groups in total. The van der Waals surface area contributed by atoms with Crippen LogP contribution in [0.1, 0.15) is 11.1 Å². The third-order valence-corrected chi connectivity index (χ3v) is 3.39. The van der Waals surface area contributed by atoms with Gasteiger partial charge in [-0.2, -0.15) is 0 Å². The molecule has 4 heteroatoms. The minimum absolute atomic E-state index is 0.836. The van der Waals surface area contributed by atoms with Gasteiger partial charge in [-0.15, -0.1) is 0 Å². The molecule has 2 aliphatic rings. The van der Waals surface area contributed by atoms with Crippen molar-refractivity contribution in [1.29, 1.82) is 0 Å². The number of nitrogens with two attached hydrogens (primary N) is 1. The third-order valence-electron chi connectivity index (χ3n) is 3.39. The fourth-order valence-corrected chi connectivity index (χ4v) is 2.47. The van der Waals surface area contributed by atoms with Gasteiger partial charge in [0, 0.05) is 31.9 Å². The summed E-state index contributed by atoms with van der Waals surface area (Å²) in [6.07, 6.45) is 0. The standard InChI is InChI=1S/C12H17N3O/c13-12-3-1-2-10-8-15(9-11(10)12)14-4-6-16-7-5-14/h1-3H,4-9,13H2. The number of hydrazine groups is 1. The number of nitrogens with zero attached hydrogens (tertiary/aromatic N) is 2. The van der Waals surface area contributed by atoms with Crippen molar-refractivity contribution < 1.29 is 4.74 Å². The molecule has 4 nitrogen and oxygen atoms in total. The van der Waals surface area contributed by atoms with Crippen LogP contribution in [0.3, 0.4) is 0 Å². The quantitative estimate of drug-likeness (QED) is 0.710. The highest BCUT2D eigenvalue weighted by molar-refractivity contribution is 5.52. The average molecular weight is 219 g/mol. The smallest absolute Gasteiger partial charge is 0.0608 e. The van der Waals surface area contributed by atoms with Crippen molar-refractivity contribution >= 4 is 5.69 Å². The molecule has 1 saturated heterocycles. The number of benzene rings is 1. The topological polar surface area (TPSA) is 41.7 Å². The second-order valence-electron chi connectivity index (χ2n) is 4.37. The molecule has 86 valence electrons. The molecule has 0 unspecified atom stereocenters. The van der Waals surface area contributed by atoms with Crippen LogP contribution in [0.5, 0.6) is 0 Å². The van der Waals surface area contributed by atoms with Gasteiger partial charge in [-0.05, 0) is 17.2 Å². The monoisotopic (exact) mass is 219 g/mol. The first-order chi connectivity index (χ1) is 7.84. The van der Waals surface area contributed by atoms with Crippen molar-refractivity contribution in [3.63, 3.8) is 0 Å². The Morgan fingerprint density at radius 2 is 1.88 bits per heavy atom. The number of fused-ring (bicyclic) bond motifs is 1. The van der Waals surface area contributed by atoms with E-state index in [9.17, 15) is 0 Å². The molecule has 0 atom stereocenters. The van der Waals surface area contributed by atoms with Crippen LogP contribution in [0.25, 0.3) is 0 Å². The molecule has 1 aromatic rings. The summed E-state index contributed by atoms with van der Waals surface area (Å²) in [6, 6.07) is 6.20. The van der Waals surface area contributed by atoms with Gasteiger partial charge in [0.15, 0.2) is 0 Å². The summed E-state index contributed by atoms with van der Waals surface area (Å²) >= 11 is 0. The molecule has 0 radical (unpaired) electrons. The van der Waals surface area contributed by atoms with Crippen molar-refractivity contribution in [1.82, 2.24) is 10.0 Å². The van der Waals surface area contributed by atoms with Crippen LogP contribution in [0, 0.1) is 0 Å². The first-order valence-corrected chi connectivity index (χ1v) is 5.78. The number of hydrogen-bond acceptors (Lipinski definition) is 4. The highest BCUT2D eigenvalue weighted by Crippen LogP contribution is 2.28. The highest BCUT2D eigenvalue weighted by atomic mass is 16.5. The molecule has 0 spiro atoms. The molecule has 0 aliphatic carbocycles.